The maximum absolute atomic E-state index is 11.8. The van der Waals surface area contributed by atoms with E-state index in [1.54, 1.807) is 24.3 Å². The van der Waals surface area contributed by atoms with Crippen LogP contribution in [0.5, 0.6) is 0 Å². The zero-order valence-corrected chi connectivity index (χ0v) is 15.4. The third-order valence-electron chi connectivity index (χ3n) is 3.54. The first-order valence-corrected chi connectivity index (χ1v) is 8.43. The molecular weight excluding hydrogens is 406 g/mol. The predicted molar refractivity (Wildman–Crippen MR) is 102 cm³/mol. The average Bonchev–Trinajstić information content (AvgIpc) is 2.54. The second kappa shape index (κ2) is 7.18. The summed E-state index contributed by atoms with van der Waals surface area (Å²) in [4.78, 5) is 15.4. The molecule has 4 nitrogen and oxygen atoms in total. The summed E-state index contributed by atoms with van der Waals surface area (Å²) < 4.78 is 0. The Balaban J connectivity index is 2.30. The number of rotatable bonds is 3. The minimum Gasteiger partial charge on any atom is -0.263 e. The Morgan fingerprint density at radius 2 is 1.20 bits per heavy atom. The zero-order valence-electron chi connectivity index (χ0n) is 12.3. The monoisotopic (exact) mass is 412 g/mol. The Hall–Kier alpha value is -1.85. The molecule has 126 valence electrons. The van der Waals surface area contributed by atoms with Crippen LogP contribution in [0.4, 0.5) is 5.69 Å². The molecule has 0 bridgehead atoms. The van der Waals surface area contributed by atoms with Crippen molar-refractivity contribution < 1.29 is 4.92 Å². The van der Waals surface area contributed by atoms with Crippen molar-refractivity contribution in [2.24, 2.45) is 0 Å². The number of halogens is 4. The van der Waals surface area contributed by atoms with Gasteiger partial charge in [-0.3, -0.25) is 15.1 Å². The van der Waals surface area contributed by atoms with Crippen LogP contribution in [0, 0.1) is 10.1 Å². The first-order valence-electron chi connectivity index (χ1n) is 6.91. The Morgan fingerprint density at radius 1 is 0.760 bits per heavy atom. The van der Waals surface area contributed by atoms with Gasteiger partial charge >= 0.3 is 0 Å². The minimum atomic E-state index is -0.484. The van der Waals surface area contributed by atoms with Gasteiger partial charge in [0.25, 0.3) is 5.69 Å². The van der Waals surface area contributed by atoms with Gasteiger partial charge in [0.1, 0.15) is 0 Å². The van der Waals surface area contributed by atoms with Gasteiger partial charge in [0.05, 0.1) is 26.1 Å². The Morgan fingerprint density at radius 3 is 1.56 bits per heavy atom. The predicted octanol–water partition coefficient (Wildman–Crippen LogP) is 6.94. The zero-order chi connectivity index (χ0) is 18.1. The molecule has 25 heavy (non-hydrogen) atoms. The molecule has 0 atom stereocenters. The Labute approximate surface area is 163 Å². The number of nitrogens with zero attached hydrogens (tertiary/aromatic N) is 2. The highest BCUT2D eigenvalue weighted by Crippen LogP contribution is 2.42. The number of hydrogen-bond acceptors (Lipinski definition) is 3. The smallest absolute Gasteiger partial charge is 0.263 e. The van der Waals surface area contributed by atoms with E-state index < -0.39 is 4.92 Å². The maximum atomic E-state index is 11.8. The van der Waals surface area contributed by atoms with E-state index >= 15 is 0 Å². The normalized spacial score (nSPS) is 10.7. The lowest BCUT2D eigenvalue weighted by Crippen LogP contribution is -1.98. The van der Waals surface area contributed by atoms with Crippen molar-refractivity contribution in [1.29, 1.82) is 0 Å². The van der Waals surface area contributed by atoms with Crippen molar-refractivity contribution >= 4 is 52.1 Å². The second-order valence-corrected chi connectivity index (χ2v) is 6.78. The molecule has 0 saturated carbocycles. The molecule has 0 fully saturated rings. The van der Waals surface area contributed by atoms with Crippen LogP contribution in [-0.4, -0.2) is 9.91 Å². The molecule has 0 N–H and O–H groups in total. The van der Waals surface area contributed by atoms with E-state index in [0.29, 0.717) is 21.2 Å². The third-order valence-corrected chi connectivity index (χ3v) is 4.64. The topological polar surface area (TPSA) is 56.0 Å². The van der Waals surface area contributed by atoms with Gasteiger partial charge in [-0.2, -0.15) is 0 Å². The minimum absolute atomic E-state index is 0.150. The van der Waals surface area contributed by atoms with Crippen LogP contribution in [0.25, 0.3) is 22.3 Å². The fourth-order valence-electron chi connectivity index (χ4n) is 2.46. The Bertz CT molecular complexity index is 923. The van der Waals surface area contributed by atoms with Crippen molar-refractivity contribution in [2.75, 3.05) is 0 Å². The molecule has 0 radical (unpaired) electrons. The fourth-order valence-corrected chi connectivity index (χ4v) is 3.48. The van der Waals surface area contributed by atoms with Crippen LogP contribution < -0.4 is 0 Å². The maximum Gasteiger partial charge on any atom is 0.288 e. The lowest BCUT2D eigenvalue weighted by atomic mass is 9.99. The largest absolute Gasteiger partial charge is 0.288 e. The number of hydrogen-bond donors (Lipinski definition) is 0. The highest BCUT2D eigenvalue weighted by molar-refractivity contribution is 6.37. The summed E-state index contributed by atoms with van der Waals surface area (Å²) in [5.41, 5.74) is 1.31. The average molecular weight is 414 g/mol. The van der Waals surface area contributed by atoms with E-state index in [1.165, 1.54) is 24.5 Å². The van der Waals surface area contributed by atoms with Crippen molar-refractivity contribution in [2.45, 2.75) is 0 Å². The SMILES string of the molecule is O=[N+]([O-])c1c(-c2ccc(Cl)cc2Cl)cncc1-c1ccc(Cl)cc1Cl. The van der Waals surface area contributed by atoms with Gasteiger partial charge in [0.15, 0.2) is 0 Å². The summed E-state index contributed by atoms with van der Waals surface area (Å²) in [7, 11) is 0. The quantitative estimate of drug-likeness (QED) is 0.345. The summed E-state index contributed by atoms with van der Waals surface area (Å²) in [6.45, 7) is 0. The fraction of sp³-hybridized carbons (Fsp3) is 0. The lowest BCUT2D eigenvalue weighted by molar-refractivity contribution is -0.383. The van der Waals surface area contributed by atoms with Gasteiger partial charge in [0, 0.05) is 33.6 Å². The van der Waals surface area contributed by atoms with Crippen molar-refractivity contribution in [3.05, 3.63) is 79.0 Å². The van der Waals surface area contributed by atoms with Gasteiger partial charge in [-0.05, 0) is 24.3 Å². The molecule has 0 amide bonds. The van der Waals surface area contributed by atoms with Crippen LogP contribution in [0.3, 0.4) is 0 Å². The summed E-state index contributed by atoms with van der Waals surface area (Å²) in [5, 5.41) is 13.2. The lowest BCUT2D eigenvalue weighted by Gasteiger charge is -2.10. The van der Waals surface area contributed by atoms with E-state index in [2.05, 4.69) is 4.98 Å². The molecule has 2 aromatic carbocycles. The first-order chi connectivity index (χ1) is 11.9. The number of aromatic nitrogens is 1. The van der Waals surface area contributed by atoms with Crippen LogP contribution in [0.2, 0.25) is 20.1 Å². The van der Waals surface area contributed by atoms with Crippen molar-refractivity contribution in [3.8, 4) is 22.3 Å². The molecule has 8 heteroatoms. The van der Waals surface area contributed by atoms with Gasteiger partial charge in [-0.1, -0.05) is 58.5 Å². The molecule has 1 aromatic heterocycles. The molecular formula is C17H8Cl4N2O2. The Kier molecular flexibility index (Phi) is 5.16. The van der Waals surface area contributed by atoms with Gasteiger partial charge in [0.2, 0.25) is 0 Å². The summed E-state index contributed by atoms with van der Waals surface area (Å²) in [5.74, 6) is 0. The molecule has 0 spiro atoms. The highest BCUT2D eigenvalue weighted by atomic mass is 35.5. The number of nitro groups is 1. The van der Waals surface area contributed by atoms with Crippen LogP contribution in [0.1, 0.15) is 0 Å². The number of pyridine rings is 1. The molecule has 1 heterocycles. The summed E-state index contributed by atoms with van der Waals surface area (Å²) >= 11 is 24.2. The molecule has 0 aliphatic rings. The number of benzene rings is 2. The standard InChI is InChI=1S/C17H8Cl4N2O2/c18-9-1-3-11(15(20)5-9)13-7-22-8-14(17(13)23(24)25)12-4-2-10(19)6-16(12)21/h1-8H. The molecule has 3 rings (SSSR count). The van der Waals surface area contributed by atoms with Crippen molar-refractivity contribution in [1.82, 2.24) is 4.98 Å². The van der Waals surface area contributed by atoms with E-state index in [9.17, 15) is 10.1 Å². The highest BCUT2D eigenvalue weighted by Gasteiger charge is 2.25. The molecule has 3 aromatic rings. The third kappa shape index (κ3) is 3.58. The van der Waals surface area contributed by atoms with Gasteiger partial charge in [-0.15, -0.1) is 0 Å². The van der Waals surface area contributed by atoms with Crippen LogP contribution in [0.15, 0.2) is 48.8 Å². The van der Waals surface area contributed by atoms with Gasteiger partial charge < -0.3 is 0 Å². The van der Waals surface area contributed by atoms with E-state index in [0.717, 1.165) is 0 Å². The van der Waals surface area contributed by atoms with Crippen LogP contribution in [-0.2, 0) is 0 Å². The summed E-state index contributed by atoms with van der Waals surface area (Å²) in [6, 6.07) is 9.47. The molecule has 0 saturated heterocycles. The summed E-state index contributed by atoms with van der Waals surface area (Å²) in [6.07, 6.45) is 2.78. The van der Waals surface area contributed by atoms with E-state index in [4.69, 9.17) is 46.4 Å². The van der Waals surface area contributed by atoms with Gasteiger partial charge in [-0.25, -0.2) is 0 Å². The first kappa shape index (κ1) is 18.0. The van der Waals surface area contributed by atoms with Crippen LogP contribution >= 0.6 is 46.4 Å². The molecule has 0 aliphatic carbocycles. The van der Waals surface area contributed by atoms with E-state index in [-0.39, 0.29) is 26.9 Å². The van der Waals surface area contributed by atoms with Crippen molar-refractivity contribution in [3.63, 3.8) is 0 Å². The van der Waals surface area contributed by atoms with E-state index in [1.807, 2.05) is 0 Å². The molecule has 0 unspecified atom stereocenters. The molecule has 0 aliphatic heterocycles. The second-order valence-electron chi connectivity index (χ2n) is 5.09.